The van der Waals surface area contributed by atoms with Crippen LogP contribution in [0.5, 0.6) is 0 Å². The van der Waals surface area contributed by atoms with E-state index in [0.29, 0.717) is 92.2 Å². The van der Waals surface area contributed by atoms with Crippen LogP contribution in [0, 0.1) is 84.2 Å². The molecule has 0 radical (unpaired) electrons. The first-order chi connectivity index (χ1) is 55.8. The Balaban J connectivity index is 0.000000375. The first-order valence-electron chi connectivity index (χ1n) is 44.7. The number of oxime groups is 2. The van der Waals surface area contributed by atoms with Crippen LogP contribution in [0.3, 0.4) is 0 Å². The Labute approximate surface area is 756 Å². The molecular weight excluding hydrogens is 1630 g/mol. The van der Waals surface area contributed by atoms with Crippen LogP contribution in [-0.4, -0.2) is 145 Å². The molecule has 28 heteroatoms. The highest BCUT2D eigenvalue weighted by Gasteiger charge is 2.64. The van der Waals surface area contributed by atoms with E-state index in [1.807, 2.05) is 32.4 Å². The average molecular weight is 1800 g/mol. The molecule has 3 saturated heterocycles. The third kappa shape index (κ3) is 21.8. The number of ether oxygens (including phenoxy) is 6. The third-order valence-corrected chi connectivity index (χ3v) is 32.0. The highest BCUT2D eigenvalue weighted by molar-refractivity contribution is 7.15. The third-order valence-electron chi connectivity index (χ3n) is 32.0. The second-order valence-corrected chi connectivity index (χ2v) is 41.9. The molecule has 14 atom stereocenters. The summed E-state index contributed by atoms with van der Waals surface area (Å²) in [5, 5.41) is 69.6. The number of aliphatic hydroxyl groups excluding tert-OH is 2. The number of aromatic nitrogens is 3. The molecule has 710 valence electrons. The molecule has 3 aliphatic heterocycles. The number of rotatable bonds is 0. The maximum absolute atomic E-state index is 12.5. The van der Waals surface area contributed by atoms with Gasteiger partial charge in [-0.05, 0) is 183 Å². The quantitative estimate of drug-likeness (QED) is 0.0341. The van der Waals surface area contributed by atoms with Crippen molar-refractivity contribution < 1.29 is 90.2 Å². The van der Waals surface area contributed by atoms with Gasteiger partial charge in [0.2, 0.25) is 0 Å². The number of nitrogens with zero attached hydrogens (tertiary/aromatic N) is 5. The van der Waals surface area contributed by atoms with Crippen molar-refractivity contribution in [2.75, 3.05) is 46.3 Å². The molecule has 3 spiro atoms. The van der Waals surface area contributed by atoms with E-state index in [-0.39, 0.29) is 138 Å². The summed E-state index contributed by atoms with van der Waals surface area (Å²) in [4.78, 5) is 36.4. The molecule has 10 N–H and O–H groups in total. The first-order valence-corrected chi connectivity index (χ1v) is 44.1. The van der Waals surface area contributed by atoms with E-state index in [4.69, 9.17) is 65.6 Å². The second kappa shape index (κ2) is 43.2. The van der Waals surface area contributed by atoms with Crippen LogP contribution < -0.4 is 11.8 Å². The number of Topliss-reactive ketones (excluding diaryl/α,β-unsaturated/α-hetero) is 3. The Kier molecular flexibility index (Phi) is 38.3. The van der Waals surface area contributed by atoms with E-state index in [2.05, 4.69) is 158 Å². The van der Waals surface area contributed by atoms with Crippen molar-refractivity contribution in [1.29, 1.82) is 0 Å². The normalized spacial score (nSPS) is 35.4. The Bertz CT molecular complexity index is 3920. The predicted octanol–water partition coefficient (Wildman–Crippen LogP) is 21.4. The maximum atomic E-state index is 12.5. The van der Waals surface area contributed by atoms with E-state index < -0.39 is 11.2 Å². The van der Waals surface area contributed by atoms with E-state index in [0.717, 1.165) is 215 Å². The highest BCUT2D eigenvalue weighted by atomic mass is 35.5. The summed E-state index contributed by atoms with van der Waals surface area (Å²) in [5.41, 5.74) is 6.29. The molecule has 15 aliphatic rings. The summed E-state index contributed by atoms with van der Waals surface area (Å²) in [6.45, 7) is 46.9. The largest absolute Gasteiger partial charge is 0.515 e. The molecule has 12 aliphatic carbocycles. The first kappa shape index (κ1) is 109. The van der Waals surface area contributed by atoms with Crippen LogP contribution in [-0.2, 0) is 78.3 Å². The zero-order chi connectivity index (χ0) is 88.2. The van der Waals surface area contributed by atoms with E-state index >= 15 is 0 Å². The minimum Gasteiger partial charge on any atom is -0.515 e. The van der Waals surface area contributed by atoms with E-state index in [9.17, 15) is 24.6 Å². The molecule has 12 fully saturated rings. The van der Waals surface area contributed by atoms with Crippen molar-refractivity contribution in [3.63, 3.8) is 0 Å². The van der Waals surface area contributed by atoms with Gasteiger partial charge in [-0.2, -0.15) is 0 Å². The Morgan fingerprint density at radius 2 is 0.748 bits per heavy atom. The zero-order valence-electron chi connectivity index (χ0n) is 77.3. The number of fused-ring (bicyclic) bond motifs is 9. The van der Waals surface area contributed by atoms with Gasteiger partial charge in [-0.1, -0.05) is 201 Å². The van der Waals surface area contributed by atoms with Gasteiger partial charge in [0, 0.05) is 110 Å². The standard InChI is InChI=1S/C16H24O4.C15H26O3.C15H24O3.2C14H20N2O2.C14H19NO2.C2H6.CH5P.4CH4.2ClH.2H3NO/c1-14(2)12-4-5-16(19-6-7-20-16)10-15(12,3)8-11(9-17)13(14)18;2*1-13(2)11-4-7-15(17-8-9-18-15)10-14(11,3)6-5-12(13)16;2*1-13(2)11-5-4-10(16-17)7-14(11,3)6-9-8-15-18-12(9)13;1-13(2)11-5-4-10(16)7-14(11,3)6-9-8-15-17-12(9)13;2*1-2;;;;;;;2*1-2/h9,12,17H,4-8,10H2,1-3H3;11-12,16H,4-10H2,1-3H3;11H,4-10H2,1-3H3;2*8,11,17H,4-7H2,1-3H3;8,11H,4-7H2,1-3H3;1-2H3;2H2,1H3;4*1H4;2*1H;2*2H,1H2/b11-9-;;;16-10+;16-10-;;;;;;;;;;;/t12-,15+;11-,12-,14+;4*11-,14+;;;;;;;;;;/m000000........../s1/i;;;;;;2*1D;;;;;;;;. The molecule has 0 aromatic carbocycles. The lowest BCUT2D eigenvalue weighted by Crippen LogP contribution is -2.56. The lowest BCUT2D eigenvalue weighted by atomic mass is 9.49. The summed E-state index contributed by atoms with van der Waals surface area (Å²) in [6, 6.07) is 0. The lowest BCUT2D eigenvalue weighted by molar-refractivity contribution is -0.238. The number of halogens is 2. The van der Waals surface area contributed by atoms with Crippen molar-refractivity contribution in [3.8, 4) is 0 Å². The van der Waals surface area contributed by atoms with Crippen LogP contribution in [0.4, 0.5) is 0 Å². The highest BCUT2D eigenvalue weighted by Crippen LogP contribution is 2.66. The van der Waals surface area contributed by atoms with Gasteiger partial charge < -0.3 is 73.0 Å². The summed E-state index contributed by atoms with van der Waals surface area (Å²) in [6.07, 6.45) is 30.3. The van der Waals surface area contributed by atoms with E-state index in [1.54, 1.807) is 6.92 Å². The molecule has 3 aromatic heterocycles. The minimum atomic E-state index is -0.456. The Morgan fingerprint density at radius 1 is 0.431 bits per heavy atom. The van der Waals surface area contributed by atoms with Crippen LogP contribution in [0.2, 0.25) is 0 Å². The van der Waals surface area contributed by atoms with Gasteiger partial charge in [-0.25, -0.2) is 11.8 Å². The SMILES string of the molecule is C.C.C.C.CC1(C)C(=O)/C(=C\O)C[C@]2(C)CC3(CC[C@@H]12)OCCO3.CC1(C)C(=O)CC[C@]2(C)CC3(CC[C@@H]12)OCCO3.CC1(C)[C@@H](O)CC[C@]2(C)CC3(CC[C@@H]12)OCCO3.CC1(C)c2oncc2C[C@]2(C)C/C(=N/O)CC[C@@H]12.CC1(C)c2oncc2C[C@]2(C)C/C(=N\O)CC[C@@H]12.CC1(C)c2oncc2C[C@]2(C)CC(=O)CC[C@@H]12.Cl.Cl.NO.NO.[2H]CC.[2H]CP. The molecule has 25 nitrogen and oxygen atoms in total. The minimum absolute atomic E-state index is 0. The fourth-order valence-electron chi connectivity index (χ4n) is 27.4. The van der Waals surface area contributed by atoms with Crippen molar-refractivity contribution in [1.82, 2.24) is 15.5 Å². The molecule has 1 unspecified atom stereocenters. The molecule has 3 aromatic rings. The molecule has 9 saturated carbocycles. The van der Waals surface area contributed by atoms with Crippen molar-refractivity contribution >= 4 is 62.8 Å². The van der Waals surface area contributed by atoms with Crippen molar-refractivity contribution in [2.24, 2.45) is 106 Å². The molecular formula is C95H168Cl2N7O18P. The van der Waals surface area contributed by atoms with Gasteiger partial charge in [-0.15, -0.1) is 34.1 Å². The number of nitrogens with two attached hydrogens (primary N) is 2. The summed E-state index contributed by atoms with van der Waals surface area (Å²) in [7, 11) is 2.25. The predicted molar refractivity (Wildman–Crippen MR) is 491 cm³/mol. The molecule has 123 heavy (non-hydrogen) atoms. The second-order valence-electron chi connectivity index (χ2n) is 41.9. The molecule has 0 amide bonds. The van der Waals surface area contributed by atoms with Crippen LogP contribution in [0.1, 0.15) is 353 Å². The van der Waals surface area contributed by atoms with Crippen LogP contribution in [0.25, 0.3) is 0 Å². The average Bonchev–Trinajstić information content (AvgIpc) is 1.73. The van der Waals surface area contributed by atoms with E-state index in [1.165, 1.54) is 16.7 Å². The smallest absolute Gasteiger partial charge is 0.169 e. The fourth-order valence-corrected chi connectivity index (χ4v) is 27.4. The van der Waals surface area contributed by atoms with Gasteiger partial charge in [-0.3, -0.25) is 14.4 Å². The van der Waals surface area contributed by atoms with Gasteiger partial charge in [0.25, 0.3) is 0 Å². The van der Waals surface area contributed by atoms with Gasteiger partial charge >= 0.3 is 0 Å². The number of carbonyl (C=O) groups excluding carboxylic acids is 3. The van der Waals surface area contributed by atoms with Gasteiger partial charge in [0.05, 0.1) is 82.0 Å². The molecule has 6 heterocycles. The monoisotopic (exact) mass is 1800 g/mol. The topological polar surface area (TPSA) is 383 Å². The Morgan fingerprint density at radius 3 is 1.11 bits per heavy atom. The van der Waals surface area contributed by atoms with Gasteiger partial charge in [0.15, 0.2) is 23.1 Å². The maximum Gasteiger partial charge on any atom is 0.169 e. The summed E-state index contributed by atoms with van der Waals surface area (Å²) in [5.74, 6) is 13.0. The lowest BCUT2D eigenvalue weighted by Gasteiger charge is -2.58. The van der Waals surface area contributed by atoms with Crippen molar-refractivity contribution in [2.45, 2.75) is 375 Å². The number of hydrogen-bond donors (Lipinski definition) is 8. The zero-order valence-corrected chi connectivity index (χ0v) is 78.0. The van der Waals surface area contributed by atoms with Crippen molar-refractivity contribution in [3.05, 3.63) is 64.4 Å². The molecule has 18 rings (SSSR count). The van der Waals surface area contributed by atoms with Gasteiger partial charge in [0.1, 0.15) is 28.8 Å². The Hall–Kier alpha value is -4.31. The number of carbonyl (C=O) groups is 3. The number of allylic oxidation sites excluding steroid dienone is 1. The summed E-state index contributed by atoms with van der Waals surface area (Å²) >= 11 is 0. The number of hydrogen-bond acceptors (Lipinski definition) is 25. The van der Waals surface area contributed by atoms with Crippen LogP contribution in [0.15, 0.2) is 54.3 Å². The van der Waals surface area contributed by atoms with Crippen LogP contribution >= 0.6 is 34.1 Å². The number of aliphatic hydroxyl groups is 2. The molecule has 0 bridgehead atoms. The fraction of sp³-hybridized carbons (Fsp3) is 0.832. The summed E-state index contributed by atoms with van der Waals surface area (Å²) < 4.78 is 64.1. The number of ketones is 3.